The molecule has 4 nitrogen and oxygen atoms in total. The predicted octanol–water partition coefficient (Wildman–Crippen LogP) is 1.83. The lowest BCUT2D eigenvalue weighted by atomic mass is 10.1. The van der Waals surface area contributed by atoms with E-state index in [0.717, 1.165) is 0 Å². The molecule has 2 rings (SSSR count). The number of Topliss-reactive ketones (excluding diaryl/α,β-unsaturated/α-hetero) is 1. The molecule has 1 heterocycles. The van der Waals surface area contributed by atoms with Crippen LogP contribution in [0.3, 0.4) is 0 Å². The van der Waals surface area contributed by atoms with Crippen molar-refractivity contribution in [3.8, 4) is 0 Å². The van der Waals surface area contributed by atoms with Crippen molar-refractivity contribution in [3.63, 3.8) is 0 Å². The lowest BCUT2D eigenvalue weighted by Gasteiger charge is -2.02. The van der Waals surface area contributed by atoms with Gasteiger partial charge in [0.25, 0.3) is 5.78 Å². The van der Waals surface area contributed by atoms with E-state index in [1.54, 1.807) is 6.07 Å². The van der Waals surface area contributed by atoms with Crippen molar-refractivity contribution in [2.45, 2.75) is 6.92 Å². The highest BCUT2D eigenvalue weighted by atomic mass is 79.9. The molecule has 1 aromatic rings. The SMILES string of the molecule is CC1=[N+]([O-])c2cc(Br)c(N)cc2C1=O. The molecule has 0 saturated carbocycles. The third-order valence-electron chi connectivity index (χ3n) is 2.21. The van der Waals surface area contributed by atoms with Crippen LogP contribution in [0.2, 0.25) is 0 Å². The molecule has 0 atom stereocenters. The van der Waals surface area contributed by atoms with Crippen LogP contribution in [0.1, 0.15) is 17.3 Å². The smallest absolute Gasteiger partial charge is 0.260 e. The summed E-state index contributed by atoms with van der Waals surface area (Å²) in [4.78, 5) is 11.5. The molecule has 1 aliphatic heterocycles. The Morgan fingerprint density at radius 2 is 2.14 bits per heavy atom. The van der Waals surface area contributed by atoms with Gasteiger partial charge in [0.15, 0.2) is 0 Å². The minimum absolute atomic E-state index is 0.178. The Kier molecular flexibility index (Phi) is 1.85. The Balaban J connectivity index is 2.74. The topological polar surface area (TPSA) is 69.2 Å². The molecule has 5 heteroatoms. The van der Waals surface area contributed by atoms with Crippen molar-refractivity contribution in [2.75, 3.05) is 5.73 Å². The van der Waals surface area contributed by atoms with Gasteiger partial charge in [-0.25, -0.2) is 0 Å². The third kappa shape index (κ3) is 1.05. The highest BCUT2D eigenvalue weighted by Gasteiger charge is 2.32. The van der Waals surface area contributed by atoms with Gasteiger partial charge in [-0.1, -0.05) is 0 Å². The molecule has 0 saturated heterocycles. The monoisotopic (exact) mass is 254 g/mol. The summed E-state index contributed by atoms with van der Waals surface area (Å²) in [6, 6.07) is 3.08. The van der Waals surface area contributed by atoms with Gasteiger partial charge in [-0.15, -0.1) is 0 Å². The van der Waals surface area contributed by atoms with E-state index in [1.807, 2.05) is 0 Å². The van der Waals surface area contributed by atoms with Crippen molar-refractivity contribution in [1.82, 2.24) is 0 Å². The minimum atomic E-state index is -0.255. The standard InChI is InChI=1S/C9H7BrN2O2/c1-4-9(13)5-2-7(11)6(10)3-8(5)12(4)14/h2-3H,11H2,1H3. The number of benzene rings is 1. The zero-order valence-corrected chi connectivity index (χ0v) is 8.96. The number of nitrogens with two attached hydrogens (primary N) is 1. The number of fused-ring (bicyclic) bond motifs is 1. The molecule has 0 fully saturated rings. The highest BCUT2D eigenvalue weighted by Crippen LogP contribution is 2.32. The molecular formula is C9H7BrN2O2. The van der Waals surface area contributed by atoms with E-state index in [0.29, 0.717) is 26.1 Å². The van der Waals surface area contributed by atoms with Gasteiger partial charge < -0.3 is 10.9 Å². The summed E-state index contributed by atoms with van der Waals surface area (Å²) in [6.07, 6.45) is 0. The summed E-state index contributed by atoms with van der Waals surface area (Å²) >= 11 is 3.21. The first-order chi connectivity index (χ1) is 6.52. The summed E-state index contributed by atoms with van der Waals surface area (Å²) in [6.45, 7) is 1.50. The van der Waals surface area contributed by atoms with Crippen LogP contribution in [0.25, 0.3) is 0 Å². The molecule has 1 aliphatic rings. The molecule has 0 aromatic heterocycles. The fourth-order valence-corrected chi connectivity index (χ4v) is 1.73. The number of halogens is 1. The van der Waals surface area contributed by atoms with Crippen molar-refractivity contribution < 1.29 is 9.53 Å². The Hall–Kier alpha value is -1.36. The maximum absolute atomic E-state index is 11.5. The molecule has 0 spiro atoms. The first-order valence-electron chi connectivity index (χ1n) is 3.97. The number of carbonyl (C=O) groups is 1. The van der Waals surface area contributed by atoms with Crippen LogP contribution in [-0.4, -0.2) is 16.2 Å². The lowest BCUT2D eigenvalue weighted by molar-refractivity contribution is -0.356. The fourth-order valence-electron chi connectivity index (χ4n) is 1.40. The quantitative estimate of drug-likeness (QED) is 0.436. The van der Waals surface area contributed by atoms with Crippen molar-refractivity contribution >= 4 is 38.8 Å². The molecule has 0 unspecified atom stereocenters. The zero-order valence-electron chi connectivity index (χ0n) is 7.37. The van der Waals surface area contributed by atoms with Crippen molar-refractivity contribution in [3.05, 3.63) is 27.4 Å². The molecule has 0 amide bonds. The second kappa shape index (κ2) is 2.81. The highest BCUT2D eigenvalue weighted by molar-refractivity contribution is 9.10. The first-order valence-corrected chi connectivity index (χ1v) is 4.76. The van der Waals surface area contributed by atoms with Crippen LogP contribution in [0.15, 0.2) is 16.6 Å². The summed E-state index contributed by atoms with van der Waals surface area (Å²) in [5.74, 6) is -0.255. The largest absolute Gasteiger partial charge is 0.618 e. The Labute approximate surface area is 88.7 Å². The maximum atomic E-state index is 11.5. The number of nitrogens with zero attached hydrogens (tertiary/aromatic N) is 1. The van der Waals surface area contributed by atoms with E-state index in [2.05, 4.69) is 15.9 Å². The Bertz CT molecular complexity index is 480. The van der Waals surface area contributed by atoms with Crippen LogP contribution >= 0.6 is 15.9 Å². The molecule has 0 aliphatic carbocycles. The molecule has 14 heavy (non-hydrogen) atoms. The second-order valence-corrected chi connectivity index (χ2v) is 3.95. The summed E-state index contributed by atoms with van der Waals surface area (Å²) in [5, 5.41) is 11.5. The number of hydrogen-bond acceptors (Lipinski definition) is 3. The summed E-state index contributed by atoms with van der Waals surface area (Å²) < 4.78 is 1.25. The van der Waals surface area contributed by atoms with Crippen molar-refractivity contribution in [1.29, 1.82) is 0 Å². The number of anilines is 1. The molecule has 2 N–H and O–H groups in total. The van der Waals surface area contributed by atoms with E-state index < -0.39 is 0 Å². The van der Waals surface area contributed by atoms with Gasteiger partial charge in [0.2, 0.25) is 11.4 Å². The van der Waals surface area contributed by atoms with Crippen LogP contribution in [0.4, 0.5) is 11.4 Å². The van der Waals surface area contributed by atoms with Gasteiger partial charge in [0, 0.05) is 23.2 Å². The lowest BCUT2D eigenvalue weighted by Crippen LogP contribution is -2.09. The zero-order chi connectivity index (χ0) is 10.5. The molecule has 1 aromatic carbocycles. The van der Waals surface area contributed by atoms with Crippen LogP contribution in [0, 0.1) is 5.21 Å². The van der Waals surface area contributed by atoms with E-state index >= 15 is 0 Å². The third-order valence-corrected chi connectivity index (χ3v) is 2.90. The van der Waals surface area contributed by atoms with Crippen LogP contribution in [0.5, 0.6) is 0 Å². The van der Waals surface area contributed by atoms with E-state index in [-0.39, 0.29) is 11.5 Å². The molecule has 0 radical (unpaired) electrons. The average Bonchev–Trinajstić information content (AvgIpc) is 2.34. The number of rotatable bonds is 0. The van der Waals surface area contributed by atoms with E-state index in [9.17, 15) is 10.0 Å². The maximum Gasteiger partial charge on any atom is 0.260 e. The number of hydrogen-bond donors (Lipinski definition) is 1. The second-order valence-electron chi connectivity index (χ2n) is 3.10. The van der Waals surface area contributed by atoms with E-state index in [4.69, 9.17) is 5.73 Å². The minimum Gasteiger partial charge on any atom is -0.618 e. The van der Waals surface area contributed by atoms with E-state index in [1.165, 1.54) is 13.0 Å². The normalized spacial score (nSPS) is 14.9. The van der Waals surface area contributed by atoms with Crippen molar-refractivity contribution in [2.24, 2.45) is 0 Å². The molecule has 0 bridgehead atoms. The van der Waals surface area contributed by atoms with Gasteiger partial charge in [-0.3, -0.25) is 4.79 Å². The molecule has 72 valence electrons. The summed E-state index contributed by atoms with van der Waals surface area (Å²) in [7, 11) is 0. The number of carbonyl (C=O) groups excluding carboxylic acids is 1. The molecular weight excluding hydrogens is 248 g/mol. The Morgan fingerprint density at radius 1 is 1.50 bits per heavy atom. The van der Waals surface area contributed by atoms with Gasteiger partial charge in [0.05, 0.1) is 0 Å². The summed E-state index contributed by atoms with van der Waals surface area (Å²) in [5.41, 5.74) is 6.98. The predicted molar refractivity (Wildman–Crippen MR) is 56.9 cm³/mol. The van der Waals surface area contributed by atoms with Crippen LogP contribution < -0.4 is 5.73 Å². The average molecular weight is 255 g/mol. The van der Waals surface area contributed by atoms with Gasteiger partial charge >= 0.3 is 0 Å². The Morgan fingerprint density at radius 3 is 2.79 bits per heavy atom. The van der Waals surface area contributed by atoms with Gasteiger partial charge in [0.1, 0.15) is 5.56 Å². The van der Waals surface area contributed by atoms with Gasteiger partial charge in [-0.05, 0) is 22.0 Å². The number of nitrogen functional groups attached to an aromatic ring is 1. The fraction of sp³-hybridized carbons (Fsp3) is 0.111. The van der Waals surface area contributed by atoms with Gasteiger partial charge in [-0.2, -0.15) is 4.74 Å². The van der Waals surface area contributed by atoms with Crippen LogP contribution in [-0.2, 0) is 0 Å². The number of ketones is 1. The first kappa shape index (κ1) is 9.21.